The van der Waals surface area contributed by atoms with E-state index < -0.39 is 17.9 Å². The van der Waals surface area contributed by atoms with E-state index >= 15 is 0 Å². The number of hydrogen-bond donors (Lipinski definition) is 0. The van der Waals surface area contributed by atoms with Crippen LogP contribution in [-0.2, 0) is 35.0 Å². The van der Waals surface area contributed by atoms with Gasteiger partial charge in [0.15, 0.2) is 17.9 Å². The summed E-state index contributed by atoms with van der Waals surface area (Å²) in [5.74, 6) is -1.31. The second kappa shape index (κ2) is 7.28. The first kappa shape index (κ1) is 19.1. The lowest BCUT2D eigenvalue weighted by Crippen LogP contribution is -2.47. The molecule has 3 aliphatic heterocycles. The molecule has 3 heterocycles. The molecule has 3 aliphatic rings. The van der Waals surface area contributed by atoms with Crippen LogP contribution >= 0.6 is 0 Å². The van der Waals surface area contributed by atoms with E-state index in [4.69, 9.17) is 28.4 Å². The Labute approximate surface area is 160 Å². The predicted molar refractivity (Wildman–Crippen MR) is 97.8 cm³/mol. The largest absolute Gasteiger partial charge is 0.348 e. The number of fused-ring (bicyclic) bond motifs is 1. The minimum Gasteiger partial charge on any atom is -0.348 e. The summed E-state index contributed by atoms with van der Waals surface area (Å²) in [5.41, 5.74) is 1.09. The highest BCUT2D eigenvalue weighted by atomic mass is 16.8. The molecular formula is C21H28O6. The Morgan fingerprint density at radius 1 is 0.926 bits per heavy atom. The van der Waals surface area contributed by atoms with E-state index in [1.807, 2.05) is 70.2 Å². The second-order valence-electron chi connectivity index (χ2n) is 8.08. The summed E-state index contributed by atoms with van der Waals surface area (Å²) < 4.78 is 36.3. The first-order valence-electron chi connectivity index (χ1n) is 9.48. The molecule has 0 amide bonds. The lowest BCUT2D eigenvalue weighted by atomic mass is 10.0. The van der Waals surface area contributed by atoms with Crippen molar-refractivity contribution in [3.05, 3.63) is 48.0 Å². The maximum absolute atomic E-state index is 6.30. The number of hydrogen-bond acceptors (Lipinski definition) is 6. The molecule has 0 saturated carbocycles. The van der Waals surface area contributed by atoms with Crippen LogP contribution in [0.2, 0.25) is 0 Å². The molecule has 2 saturated heterocycles. The van der Waals surface area contributed by atoms with Crippen molar-refractivity contribution in [1.82, 2.24) is 0 Å². The summed E-state index contributed by atoms with van der Waals surface area (Å²) in [4.78, 5) is 0. The Morgan fingerprint density at radius 2 is 1.70 bits per heavy atom. The van der Waals surface area contributed by atoms with E-state index in [1.54, 1.807) is 0 Å². The summed E-state index contributed by atoms with van der Waals surface area (Å²) in [6.45, 7) is 8.52. The van der Waals surface area contributed by atoms with Crippen LogP contribution in [0.15, 0.2) is 42.5 Å². The average Bonchev–Trinajstić information content (AvgIpc) is 3.08. The van der Waals surface area contributed by atoms with Gasteiger partial charge in [-0.1, -0.05) is 36.4 Å². The SMILES string of the molecule is CC1(C)O[C@H]2[C@@H]([C@H]3COC(C)(C)O3)OC(OCc3ccccc3)C=C[C@H]2O1. The molecular weight excluding hydrogens is 348 g/mol. The molecule has 0 aromatic heterocycles. The van der Waals surface area contributed by atoms with Crippen molar-refractivity contribution in [1.29, 1.82) is 0 Å². The molecule has 6 heteroatoms. The number of ether oxygens (including phenoxy) is 6. The van der Waals surface area contributed by atoms with E-state index in [2.05, 4.69) is 0 Å². The van der Waals surface area contributed by atoms with Gasteiger partial charge in [0.05, 0.1) is 13.2 Å². The molecule has 1 aromatic carbocycles. The lowest BCUT2D eigenvalue weighted by Gasteiger charge is -2.31. The van der Waals surface area contributed by atoms with Gasteiger partial charge >= 0.3 is 0 Å². The summed E-state index contributed by atoms with van der Waals surface area (Å²) in [5, 5.41) is 0. The zero-order valence-electron chi connectivity index (χ0n) is 16.3. The van der Waals surface area contributed by atoms with Gasteiger partial charge in [0.2, 0.25) is 0 Å². The molecule has 0 aliphatic carbocycles. The minimum atomic E-state index is -0.673. The molecule has 1 unspecified atom stereocenters. The van der Waals surface area contributed by atoms with Crippen LogP contribution in [0.5, 0.6) is 0 Å². The second-order valence-corrected chi connectivity index (χ2v) is 8.08. The van der Waals surface area contributed by atoms with Crippen molar-refractivity contribution in [2.45, 2.75) is 76.6 Å². The zero-order valence-corrected chi connectivity index (χ0v) is 16.3. The topological polar surface area (TPSA) is 55.4 Å². The van der Waals surface area contributed by atoms with E-state index in [0.717, 1.165) is 5.56 Å². The highest BCUT2D eigenvalue weighted by Gasteiger charge is 2.51. The highest BCUT2D eigenvalue weighted by molar-refractivity contribution is 5.14. The summed E-state index contributed by atoms with van der Waals surface area (Å²) >= 11 is 0. The van der Waals surface area contributed by atoms with Crippen molar-refractivity contribution in [3.8, 4) is 0 Å². The average molecular weight is 376 g/mol. The van der Waals surface area contributed by atoms with Crippen LogP contribution in [0, 0.1) is 0 Å². The van der Waals surface area contributed by atoms with Gasteiger partial charge in [0.1, 0.15) is 24.4 Å². The Bertz CT molecular complexity index is 671. The fourth-order valence-electron chi connectivity index (χ4n) is 3.72. The molecule has 5 atom stereocenters. The predicted octanol–water partition coefficient (Wildman–Crippen LogP) is 3.16. The maximum Gasteiger partial charge on any atom is 0.177 e. The quantitative estimate of drug-likeness (QED) is 0.753. The van der Waals surface area contributed by atoms with Crippen LogP contribution in [0.1, 0.15) is 33.3 Å². The van der Waals surface area contributed by atoms with E-state index in [1.165, 1.54) is 0 Å². The minimum absolute atomic E-state index is 0.220. The summed E-state index contributed by atoms with van der Waals surface area (Å²) in [6.07, 6.45) is 2.22. The van der Waals surface area contributed by atoms with Gasteiger partial charge in [-0.25, -0.2) is 0 Å². The van der Waals surface area contributed by atoms with Gasteiger partial charge in [-0.3, -0.25) is 0 Å². The van der Waals surface area contributed by atoms with Crippen molar-refractivity contribution in [2.75, 3.05) is 6.61 Å². The number of benzene rings is 1. The van der Waals surface area contributed by atoms with E-state index in [9.17, 15) is 0 Å². The van der Waals surface area contributed by atoms with Crippen molar-refractivity contribution in [2.24, 2.45) is 0 Å². The molecule has 0 spiro atoms. The van der Waals surface area contributed by atoms with Crippen LogP contribution in [0.4, 0.5) is 0 Å². The standard InChI is InChI=1S/C21H28O6/c1-20(2)23-13-16(26-20)18-19-15(25-21(3,4)27-19)10-11-17(24-18)22-12-14-8-6-5-7-9-14/h5-11,15-19H,12-13H2,1-4H3/t15-,16-,17?,18-,19-/m1/s1. The smallest absolute Gasteiger partial charge is 0.177 e. The Kier molecular flexibility index (Phi) is 5.14. The zero-order chi connectivity index (χ0) is 19.1. The fourth-order valence-corrected chi connectivity index (χ4v) is 3.72. The van der Waals surface area contributed by atoms with Gasteiger partial charge in [0.25, 0.3) is 0 Å². The molecule has 2 fully saturated rings. The molecule has 6 nitrogen and oxygen atoms in total. The normalized spacial score (nSPS) is 37.1. The Morgan fingerprint density at radius 3 is 2.41 bits per heavy atom. The first-order chi connectivity index (χ1) is 12.8. The van der Waals surface area contributed by atoms with Crippen molar-refractivity contribution >= 4 is 0 Å². The molecule has 1 aromatic rings. The molecule has 27 heavy (non-hydrogen) atoms. The van der Waals surface area contributed by atoms with Gasteiger partial charge in [0, 0.05) is 0 Å². The fraction of sp³-hybridized carbons (Fsp3) is 0.619. The van der Waals surface area contributed by atoms with Crippen molar-refractivity contribution in [3.63, 3.8) is 0 Å². The Balaban J connectivity index is 1.50. The van der Waals surface area contributed by atoms with Crippen LogP contribution in [-0.4, -0.2) is 48.9 Å². The van der Waals surface area contributed by atoms with E-state index in [0.29, 0.717) is 13.2 Å². The summed E-state index contributed by atoms with van der Waals surface area (Å²) in [7, 11) is 0. The molecule has 0 radical (unpaired) electrons. The van der Waals surface area contributed by atoms with Gasteiger partial charge in [-0.15, -0.1) is 0 Å². The maximum atomic E-state index is 6.30. The molecule has 148 valence electrons. The van der Waals surface area contributed by atoms with Crippen LogP contribution in [0.3, 0.4) is 0 Å². The molecule has 0 N–H and O–H groups in total. The van der Waals surface area contributed by atoms with Crippen LogP contribution < -0.4 is 0 Å². The third-order valence-electron chi connectivity index (χ3n) is 4.89. The monoisotopic (exact) mass is 376 g/mol. The molecule has 0 bridgehead atoms. The third kappa shape index (κ3) is 4.42. The van der Waals surface area contributed by atoms with Gasteiger partial charge in [-0.05, 0) is 39.3 Å². The van der Waals surface area contributed by atoms with E-state index in [-0.39, 0.29) is 24.4 Å². The van der Waals surface area contributed by atoms with Crippen LogP contribution in [0.25, 0.3) is 0 Å². The lowest BCUT2D eigenvalue weighted by molar-refractivity contribution is -0.226. The Hall–Kier alpha value is -1.28. The van der Waals surface area contributed by atoms with Gasteiger partial charge < -0.3 is 28.4 Å². The summed E-state index contributed by atoms with van der Waals surface area (Å²) in [6, 6.07) is 10.0. The first-order valence-corrected chi connectivity index (χ1v) is 9.48. The third-order valence-corrected chi connectivity index (χ3v) is 4.89. The van der Waals surface area contributed by atoms with Gasteiger partial charge in [-0.2, -0.15) is 0 Å². The molecule has 4 rings (SSSR count). The number of rotatable bonds is 4. The van der Waals surface area contributed by atoms with Crippen molar-refractivity contribution < 1.29 is 28.4 Å². The highest BCUT2D eigenvalue weighted by Crippen LogP contribution is 2.38.